The van der Waals surface area contributed by atoms with Gasteiger partial charge in [0.1, 0.15) is 5.25 Å². The zero-order valence-electron chi connectivity index (χ0n) is 11.6. The molecule has 1 aromatic rings. The highest BCUT2D eigenvalue weighted by atomic mass is 79.9. The molecule has 2 N–H and O–H groups in total. The number of anilines is 1. The summed E-state index contributed by atoms with van der Waals surface area (Å²) >= 11 is 3.22. The van der Waals surface area contributed by atoms with Crippen LogP contribution in [0.4, 0.5) is 5.69 Å². The van der Waals surface area contributed by atoms with Gasteiger partial charge in [0.2, 0.25) is 5.91 Å². The van der Waals surface area contributed by atoms with E-state index >= 15 is 0 Å². The Balaban J connectivity index is 2.29. The molecule has 0 aromatic heterocycles. The Labute approximate surface area is 132 Å². The van der Waals surface area contributed by atoms with Gasteiger partial charge in [0.05, 0.1) is 23.8 Å². The number of ether oxygens (including phenoxy) is 1. The Morgan fingerprint density at radius 3 is 2.62 bits per heavy atom. The number of hydrogen-bond acceptors (Lipinski definition) is 5. The quantitative estimate of drug-likeness (QED) is 0.796. The number of sulfone groups is 1. The molecule has 1 aromatic carbocycles. The number of carbonyl (C=O) groups is 1. The van der Waals surface area contributed by atoms with E-state index in [0.717, 1.165) is 0 Å². The van der Waals surface area contributed by atoms with Crippen molar-refractivity contribution >= 4 is 37.4 Å². The van der Waals surface area contributed by atoms with Gasteiger partial charge in [-0.2, -0.15) is 0 Å². The lowest BCUT2D eigenvalue weighted by molar-refractivity contribution is -0.134. The second-order valence-corrected chi connectivity index (χ2v) is 7.96. The SMILES string of the molecule is CC(C(=O)N1CCOCC1)S(=O)(=O)c1cc(Br)ccc1N. The van der Waals surface area contributed by atoms with Gasteiger partial charge >= 0.3 is 0 Å². The third-order valence-corrected chi connectivity index (χ3v) is 6.01. The van der Waals surface area contributed by atoms with Gasteiger partial charge < -0.3 is 15.4 Å². The third kappa shape index (κ3) is 3.38. The predicted octanol–water partition coefficient (Wildman–Crippen LogP) is 1.05. The van der Waals surface area contributed by atoms with E-state index in [4.69, 9.17) is 10.5 Å². The van der Waals surface area contributed by atoms with Crippen LogP contribution >= 0.6 is 15.9 Å². The standard InChI is InChI=1S/C13H17BrN2O4S/c1-9(13(17)16-4-6-20-7-5-16)21(18,19)12-8-10(14)2-3-11(12)15/h2-3,8-9H,4-7,15H2,1H3. The highest BCUT2D eigenvalue weighted by molar-refractivity contribution is 9.10. The van der Waals surface area contributed by atoms with Crippen molar-refractivity contribution in [2.24, 2.45) is 0 Å². The number of amides is 1. The van der Waals surface area contributed by atoms with E-state index in [1.807, 2.05) is 0 Å². The lowest BCUT2D eigenvalue weighted by Crippen LogP contribution is -2.47. The summed E-state index contributed by atoms with van der Waals surface area (Å²) in [5.41, 5.74) is 5.89. The summed E-state index contributed by atoms with van der Waals surface area (Å²) in [4.78, 5) is 13.8. The van der Waals surface area contributed by atoms with E-state index in [9.17, 15) is 13.2 Å². The van der Waals surface area contributed by atoms with Crippen molar-refractivity contribution in [2.75, 3.05) is 32.0 Å². The first-order valence-electron chi connectivity index (χ1n) is 6.49. The fraction of sp³-hybridized carbons (Fsp3) is 0.462. The van der Waals surface area contributed by atoms with E-state index in [2.05, 4.69) is 15.9 Å². The molecule has 116 valence electrons. The van der Waals surface area contributed by atoms with Crippen LogP contribution < -0.4 is 5.73 Å². The average Bonchev–Trinajstić information content (AvgIpc) is 2.49. The molecule has 0 spiro atoms. The summed E-state index contributed by atoms with van der Waals surface area (Å²) in [6.45, 7) is 3.07. The molecule has 8 heteroatoms. The summed E-state index contributed by atoms with van der Waals surface area (Å²) in [7, 11) is -3.83. The number of hydrogen-bond donors (Lipinski definition) is 1. The topological polar surface area (TPSA) is 89.7 Å². The summed E-state index contributed by atoms with van der Waals surface area (Å²) in [6, 6.07) is 4.58. The predicted molar refractivity (Wildman–Crippen MR) is 82.6 cm³/mol. The fourth-order valence-corrected chi connectivity index (χ4v) is 4.11. The lowest BCUT2D eigenvalue weighted by atomic mass is 10.3. The molecular weight excluding hydrogens is 360 g/mol. The molecule has 1 aliphatic rings. The van der Waals surface area contributed by atoms with E-state index in [-0.39, 0.29) is 10.6 Å². The Bertz CT molecular complexity index is 642. The number of nitrogens with two attached hydrogens (primary N) is 1. The van der Waals surface area contributed by atoms with Crippen LogP contribution in [0.3, 0.4) is 0 Å². The van der Waals surface area contributed by atoms with Crippen LogP contribution in [0.2, 0.25) is 0 Å². The molecular formula is C13H17BrN2O4S. The van der Waals surface area contributed by atoms with Gasteiger partial charge in [-0.3, -0.25) is 4.79 Å². The zero-order valence-corrected chi connectivity index (χ0v) is 14.0. The van der Waals surface area contributed by atoms with Crippen LogP contribution in [0.15, 0.2) is 27.6 Å². The van der Waals surface area contributed by atoms with Crippen molar-refractivity contribution < 1.29 is 17.9 Å². The van der Waals surface area contributed by atoms with E-state index in [0.29, 0.717) is 30.8 Å². The molecule has 1 amide bonds. The molecule has 2 rings (SSSR count). The Morgan fingerprint density at radius 1 is 1.38 bits per heavy atom. The van der Waals surface area contributed by atoms with E-state index in [1.54, 1.807) is 6.07 Å². The molecule has 6 nitrogen and oxygen atoms in total. The maximum absolute atomic E-state index is 12.6. The molecule has 1 heterocycles. The van der Waals surface area contributed by atoms with Gasteiger partial charge in [-0.25, -0.2) is 8.42 Å². The molecule has 1 fully saturated rings. The molecule has 1 saturated heterocycles. The molecule has 0 radical (unpaired) electrons. The van der Waals surface area contributed by atoms with Crippen molar-refractivity contribution in [1.29, 1.82) is 0 Å². The van der Waals surface area contributed by atoms with Gasteiger partial charge in [-0.1, -0.05) is 15.9 Å². The minimum absolute atomic E-state index is 0.0222. The monoisotopic (exact) mass is 376 g/mol. The number of rotatable bonds is 3. The highest BCUT2D eigenvalue weighted by Gasteiger charge is 2.34. The number of halogens is 1. The first kappa shape index (κ1) is 16.3. The van der Waals surface area contributed by atoms with Crippen molar-refractivity contribution in [2.45, 2.75) is 17.1 Å². The van der Waals surface area contributed by atoms with Crippen molar-refractivity contribution in [3.05, 3.63) is 22.7 Å². The van der Waals surface area contributed by atoms with Gasteiger partial charge in [0.15, 0.2) is 9.84 Å². The Hall–Kier alpha value is -1.12. The van der Waals surface area contributed by atoms with Crippen LogP contribution in [0, 0.1) is 0 Å². The number of nitrogen functional groups attached to an aromatic ring is 1. The van der Waals surface area contributed by atoms with Gasteiger partial charge in [-0.15, -0.1) is 0 Å². The number of morpholine rings is 1. The molecule has 1 atom stereocenters. The lowest BCUT2D eigenvalue weighted by Gasteiger charge is -2.29. The van der Waals surface area contributed by atoms with Gasteiger partial charge in [0.25, 0.3) is 0 Å². The maximum Gasteiger partial charge on any atom is 0.241 e. The molecule has 1 aliphatic heterocycles. The van der Waals surface area contributed by atoms with Gasteiger partial charge in [-0.05, 0) is 25.1 Å². The smallest absolute Gasteiger partial charge is 0.241 e. The largest absolute Gasteiger partial charge is 0.398 e. The zero-order chi connectivity index (χ0) is 15.6. The van der Waals surface area contributed by atoms with Crippen LogP contribution in [0.5, 0.6) is 0 Å². The van der Waals surface area contributed by atoms with Crippen molar-refractivity contribution in [3.63, 3.8) is 0 Å². The molecule has 1 unspecified atom stereocenters. The third-order valence-electron chi connectivity index (χ3n) is 3.42. The Morgan fingerprint density at radius 2 is 2.00 bits per heavy atom. The summed E-state index contributed by atoms with van der Waals surface area (Å²) in [5.74, 6) is -0.419. The second kappa shape index (κ2) is 6.33. The molecule has 0 aliphatic carbocycles. The van der Waals surface area contributed by atoms with Crippen LogP contribution in [0.1, 0.15) is 6.92 Å². The summed E-state index contributed by atoms with van der Waals surface area (Å²) in [6.07, 6.45) is 0. The maximum atomic E-state index is 12.6. The first-order valence-corrected chi connectivity index (χ1v) is 8.83. The number of carbonyl (C=O) groups excluding carboxylic acids is 1. The Kier molecular flexibility index (Phi) is 4.90. The van der Waals surface area contributed by atoms with Crippen molar-refractivity contribution in [1.82, 2.24) is 4.90 Å². The number of benzene rings is 1. The van der Waals surface area contributed by atoms with Crippen LogP contribution in [0.25, 0.3) is 0 Å². The minimum atomic E-state index is -3.83. The van der Waals surface area contributed by atoms with E-state index in [1.165, 1.54) is 24.0 Å². The number of nitrogens with zero attached hydrogens (tertiary/aromatic N) is 1. The molecule has 0 saturated carbocycles. The second-order valence-electron chi connectivity index (χ2n) is 4.81. The van der Waals surface area contributed by atoms with Crippen molar-refractivity contribution in [3.8, 4) is 0 Å². The summed E-state index contributed by atoms with van der Waals surface area (Å²) in [5, 5.41) is -1.17. The van der Waals surface area contributed by atoms with Crippen LogP contribution in [-0.4, -0.2) is 50.8 Å². The normalized spacial score (nSPS) is 17.5. The minimum Gasteiger partial charge on any atom is -0.398 e. The fourth-order valence-electron chi connectivity index (χ4n) is 2.12. The molecule has 21 heavy (non-hydrogen) atoms. The summed E-state index contributed by atoms with van der Waals surface area (Å²) < 4.78 is 31.0. The highest BCUT2D eigenvalue weighted by Crippen LogP contribution is 2.27. The van der Waals surface area contributed by atoms with Crippen LogP contribution in [-0.2, 0) is 19.4 Å². The average molecular weight is 377 g/mol. The van der Waals surface area contributed by atoms with Gasteiger partial charge in [0, 0.05) is 17.6 Å². The molecule has 0 bridgehead atoms. The van der Waals surface area contributed by atoms with E-state index < -0.39 is 21.0 Å². The first-order chi connectivity index (χ1) is 9.84.